The van der Waals surface area contributed by atoms with Gasteiger partial charge in [0.25, 0.3) is 5.91 Å². The third-order valence-corrected chi connectivity index (χ3v) is 2.95. The van der Waals surface area contributed by atoms with Crippen LogP contribution >= 0.6 is 0 Å². The predicted octanol–water partition coefficient (Wildman–Crippen LogP) is 1.62. The summed E-state index contributed by atoms with van der Waals surface area (Å²) in [7, 11) is 1.54. The van der Waals surface area contributed by atoms with Crippen molar-refractivity contribution < 1.29 is 13.9 Å². The maximum atomic E-state index is 13.3. The van der Waals surface area contributed by atoms with E-state index >= 15 is 0 Å². The number of likely N-dealkylation sites (N-methyl/N-ethyl adjacent to an activating group) is 1. The molecule has 0 aliphatic carbocycles. The van der Waals surface area contributed by atoms with Gasteiger partial charge in [-0.05, 0) is 43.5 Å². The Morgan fingerprint density at radius 3 is 2.79 bits per heavy atom. The Bertz CT molecular complexity index is 437. The quantitative estimate of drug-likeness (QED) is 0.824. The van der Waals surface area contributed by atoms with Crippen LogP contribution in [0.3, 0.4) is 0 Å². The molecule has 0 bridgehead atoms. The minimum absolute atomic E-state index is 0.0561. The average molecular weight is 268 g/mol. The molecule has 0 saturated carbocycles. The zero-order chi connectivity index (χ0) is 14.4. The van der Waals surface area contributed by atoms with Crippen LogP contribution in [0.4, 0.5) is 4.39 Å². The van der Waals surface area contributed by atoms with E-state index in [-0.39, 0.29) is 17.8 Å². The summed E-state index contributed by atoms with van der Waals surface area (Å²) in [5.41, 5.74) is 6.57. The van der Waals surface area contributed by atoms with Gasteiger partial charge in [-0.1, -0.05) is 6.92 Å². The first kappa shape index (κ1) is 15.4. The number of carbonyl (C=O) groups is 1. The van der Waals surface area contributed by atoms with Crippen LogP contribution < -0.4 is 15.8 Å². The Morgan fingerprint density at radius 1 is 1.53 bits per heavy atom. The Morgan fingerprint density at radius 2 is 2.21 bits per heavy atom. The van der Waals surface area contributed by atoms with Gasteiger partial charge in [0.05, 0.1) is 0 Å². The molecule has 4 nitrogen and oxygen atoms in total. The summed E-state index contributed by atoms with van der Waals surface area (Å²) in [6.07, 6.45) is 0.678. The number of rotatable bonds is 6. The molecule has 5 heteroatoms. The molecule has 2 unspecified atom stereocenters. The molecule has 0 aliphatic heterocycles. The van der Waals surface area contributed by atoms with E-state index in [0.29, 0.717) is 17.7 Å². The average Bonchev–Trinajstić information content (AvgIpc) is 2.40. The highest BCUT2D eigenvalue weighted by atomic mass is 19.1. The van der Waals surface area contributed by atoms with Crippen LogP contribution in [0.1, 0.15) is 25.8 Å². The lowest BCUT2D eigenvalue weighted by Gasteiger charge is -2.18. The maximum absolute atomic E-state index is 13.3. The van der Waals surface area contributed by atoms with E-state index < -0.39 is 6.10 Å². The third-order valence-electron chi connectivity index (χ3n) is 2.95. The molecular formula is C14H21FN2O2. The summed E-state index contributed by atoms with van der Waals surface area (Å²) in [6.45, 7) is 3.61. The first-order valence-corrected chi connectivity index (χ1v) is 6.40. The van der Waals surface area contributed by atoms with Gasteiger partial charge < -0.3 is 15.8 Å². The first-order chi connectivity index (χ1) is 8.97. The fourth-order valence-corrected chi connectivity index (χ4v) is 1.70. The highest BCUT2D eigenvalue weighted by Gasteiger charge is 2.16. The molecule has 106 valence electrons. The minimum Gasteiger partial charge on any atom is -0.481 e. The third kappa shape index (κ3) is 4.52. The van der Waals surface area contributed by atoms with Crippen LogP contribution in [0.25, 0.3) is 0 Å². The van der Waals surface area contributed by atoms with Gasteiger partial charge in [0.15, 0.2) is 6.10 Å². The molecule has 0 saturated heterocycles. The van der Waals surface area contributed by atoms with Crippen molar-refractivity contribution in [2.45, 2.75) is 38.8 Å². The van der Waals surface area contributed by atoms with E-state index in [2.05, 4.69) is 5.32 Å². The van der Waals surface area contributed by atoms with Crippen molar-refractivity contribution in [1.29, 1.82) is 0 Å². The van der Waals surface area contributed by atoms with Crippen LogP contribution in [-0.4, -0.2) is 25.1 Å². The fourth-order valence-electron chi connectivity index (χ4n) is 1.70. The summed E-state index contributed by atoms with van der Waals surface area (Å²) >= 11 is 0. The maximum Gasteiger partial charge on any atom is 0.260 e. The lowest BCUT2D eigenvalue weighted by Crippen LogP contribution is -2.34. The van der Waals surface area contributed by atoms with Crippen LogP contribution in [0.2, 0.25) is 0 Å². The highest BCUT2D eigenvalue weighted by Crippen LogP contribution is 2.22. The molecule has 0 radical (unpaired) electrons. The number of carbonyl (C=O) groups excluding carboxylic acids is 1. The van der Waals surface area contributed by atoms with E-state index in [9.17, 15) is 9.18 Å². The molecule has 1 amide bonds. The van der Waals surface area contributed by atoms with E-state index in [0.717, 1.165) is 6.42 Å². The van der Waals surface area contributed by atoms with Gasteiger partial charge >= 0.3 is 0 Å². The van der Waals surface area contributed by atoms with Crippen LogP contribution in [0.5, 0.6) is 5.75 Å². The monoisotopic (exact) mass is 268 g/mol. The molecule has 0 heterocycles. The second kappa shape index (κ2) is 7.09. The van der Waals surface area contributed by atoms with Crippen LogP contribution in [0, 0.1) is 5.82 Å². The number of halogens is 1. The number of amides is 1. The van der Waals surface area contributed by atoms with Gasteiger partial charge in [0.1, 0.15) is 11.6 Å². The van der Waals surface area contributed by atoms with Crippen molar-refractivity contribution in [3.05, 3.63) is 29.6 Å². The predicted molar refractivity (Wildman–Crippen MR) is 72.5 cm³/mol. The van der Waals surface area contributed by atoms with E-state index in [1.54, 1.807) is 14.0 Å². The van der Waals surface area contributed by atoms with Crippen molar-refractivity contribution in [2.24, 2.45) is 5.73 Å². The Balaban J connectivity index is 2.90. The number of nitrogens with one attached hydrogen (secondary N) is 1. The Hall–Kier alpha value is -1.62. The molecule has 0 aromatic heterocycles. The largest absolute Gasteiger partial charge is 0.481 e. The van der Waals surface area contributed by atoms with Gasteiger partial charge in [-0.3, -0.25) is 4.79 Å². The molecule has 3 N–H and O–H groups in total. The molecule has 2 atom stereocenters. The summed E-state index contributed by atoms with van der Waals surface area (Å²) in [4.78, 5) is 11.4. The Kier molecular flexibility index (Phi) is 5.76. The van der Waals surface area contributed by atoms with Gasteiger partial charge in [0.2, 0.25) is 0 Å². The molecule has 0 fully saturated rings. The molecule has 0 aliphatic rings. The van der Waals surface area contributed by atoms with Gasteiger partial charge in [0, 0.05) is 13.1 Å². The zero-order valence-electron chi connectivity index (χ0n) is 11.6. The molecule has 1 rings (SSSR count). The second-order valence-corrected chi connectivity index (χ2v) is 4.50. The summed E-state index contributed by atoms with van der Waals surface area (Å²) in [5.74, 6) is -0.0604. The van der Waals surface area contributed by atoms with Crippen molar-refractivity contribution in [3.8, 4) is 5.75 Å². The van der Waals surface area contributed by atoms with Gasteiger partial charge in [-0.25, -0.2) is 4.39 Å². The van der Waals surface area contributed by atoms with Crippen molar-refractivity contribution >= 4 is 5.91 Å². The first-order valence-electron chi connectivity index (χ1n) is 6.40. The topological polar surface area (TPSA) is 64.3 Å². The van der Waals surface area contributed by atoms with E-state index in [1.165, 1.54) is 18.2 Å². The number of ether oxygens (including phenoxy) is 1. The van der Waals surface area contributed by atoms with E-state index in [4.69, 9.17) is 10.5 Å². The van der Waals surface area contributed by atoms with Crippen molar-refractivity contribution in [3.63, 3.8) is 0 Å². The number of benzene rings is 1. The minimum atomic E-state index is -0.632. The number of hydrogen-bond acceptors (Lipinski definition) is 3. The fraction of sp³-hybridized carbons (Fsp3) is 0.500. The second-order valence-electron chi connectivity index (χ2n) is 4.50. The molecule has 1 aromatic rings. The molecule has 1 aromatic carbocycles. The lowest BCUT2D eigenvalue weighted by molar-refractivity contribution is -0.126. The molecule has 19 heavy (non-hydrogen) atoms. The van der Waals surface area contributed by atoms with Crippen molar-refractivity contribution in [2.75, 3.05) is 7.05 Å². The smallest absolute Gasteiger partial charge is 0.260 e. The number of hydrogen-bond donors (Lipinski definition) is 2. The zero-order valence-corrected chi connectivity index (χ0v) is 11.6. The SMILES string of the molecule is CCC(N)Cc1cc(F)ccc1OC(C)C(=O)NC. The van der Waals surface area contributed by atoms with Gasteiger partial charge in [-0.15, -0.1) is 0 Å². The standard InChI is InChI=1S/C14H21FN2O2/c1-4-12(16)8-10-7-11(15)5-6-13(10)19-9(2)14(18)17-3/h5-7,9,12H,4,8,16H2,1-3H3,(H,17,18). The summed E-state index contributed by atoms with van der Waals surface area (Å²) < 4.78 is 18.9. The molecular weight excluding hydrogens is 247 g/mol. The normalized spacial score (nSPS) is 13.7. The summed E-state index contributed by atoms with van der Waals surface area (Å²) in [6, 6.07) is 4.19. The van der Waals surface area contributed by atoms with Gasteiger partial charge in [-0.2, -0.15) is 0 Å². The van der Waals surface area contributed by atoms with Crippen LogP contribution in [-0.2, 0) is 11.2 Å². The summed E-state index contributed by atoms with van der Waals surface area (Å²) in [5, 5.41) is 2.51. The lowest BCUT2D eigenvalue weighted by atomic mass is 10.0. The van der Waals surface area contributed by atoms with Crippen molar-refractivity contribution in [1.82, 2.24) is 5.32 Å². The highest BCUT2D eigenvalue weighted by molar-refractivity contribution is 5.80. The van der Waals surface area contributed by atoms with Crippen LogP contribution in [0.15, 0.2) is 18.2 Å². The molecule has 0 spiro atoms. The Labute approximate surface area is 113 Å². The number of nitrogens with two attached hydrogens (primary N) is 1. The van der Waals surface area contributed by atoms with E-state index in [1.807, 2.05) is 6.92 Å².